The van der Waals surface area contributed by atoms with E-state index in [1.807, 2.05) is 0 Å². The zero-order valence-corrected chi connectivity index (χ0v) is 5.57. The molecule has 0 radical (unpaired) electrons. The molecule has 1 aliphatic rings. The van der Waals surface area contributed by atoms with E-state index in [2.05, 4.69) is 24.5 Å². The predicted molar refractivity (Wildman–Crippen MR) is 34.7 cm³/mol. The van der Waals surface area contributed by atoms with Gasteiger partial charge in [0, 0.05) is 6.04 Å². The second-order valence-corrected chi connectivity index (χ2v) is 2.39. The van der Waals surface area contributed by atoms with Gasteiger partial charge in [-0.1, -0.05) is 6.92 Å². The topological polar surface area (TPSA) is 34.0 Å². The molecule has 0 aromatic heterocycles. The highest BCUT2D eigenvalue weighted by atomic mass is 15.3. The summed E-state index contributed by atoms with van der Waals surface area (Å²) in [6.45, 7) is 5.51. The molecule has 8 heavy (non-hydrogen) atoms. The average molecular weight is 114 g/mol. The molecule has 1 fully saturated rings. The minimum atomic E-state index is 0.620. The maximum Gasteiger partial charge on any atom is 0.0730 e. The minimum Gasteiger partial charge on any atom is -0.301 e. The Hall–Kier alpha value is -0.0800. The maximum atomic E-state index is 3.34. The summed E-state index contributed by atoms with van der Waals surface area (Å²) < 4.78 is 0. The third-order valence-electron chi connectivity index (χ3n) is 1.45. The van der Waals surface area contributed by atoms with Crippen molar-refractivity contribution < 1.29 is 0 Å². The second-order valence-electron chi connectivity index (χ2n) is 2.39. The van der Waals surface area contributed by atoms with Gasteiger partial charge in [0.2, 0.25) is 0 Å². The van der Waals surface area contributed by atoms with Crippen molar-refractivity contribution in [3.05, 3.63) is 0 Å². The van der Waals surface area contributed by atoms with E-state index in [1.54, 1.807) is 0 Å². The largest absolute Gasteiger partial charge is 0.301 e. The Morgan fingerprint density at radius 2 is 2.25 bits per heavy atom. The van der Waals surface area contributed by atoms with Crippen molar-refractivity contribution in [1.82, 2.24) is 10.6 Å². The van der Waals surface area contributed by atoms with E-state index in [0.717, 1.165) is 6.54 Å². The quantitative estimate of drug-likeness (QED) is 0.517. The number of rotatable bonds is 3. The van der Waals surface area contributed by atoms with Crippen LogP contribution in [0.25, 0.3) is 0 Å². The van der Waals surface area contributed by atoms with Crippen LogP contribution in [0.5, 0.6) is 0 Å². The van der Waals surface area contributed by atoms with Gasteiger partial charge in [-0.2, -0.15) is 0 Å². The van der Waals surface area contributed by atoms with Crippen LogP contribution < -0.4 is 10.6 Å². The monoisotopic (exact) mass is 114 g/mol. The predicted octanol–water partition coefficient (Wildman–Crippen LogP) is 0.304. The first-order chi connectivity index (χ1) is 3.84. The lowest BCUT2D eigenvalue weighted by molar-refractivity contribution is 0.652. The fourth-order valence-electron chi connectivity index (χ4n) is 0.763. The molecule has 0 aromatic rings. The van der Waals surface area contributed by atoms with E-state index in [9.17, 15) is 0 Å². The molecule has 2 N–H and O–H groups in total. The Balaban J connectivity index is 1.89. The summed E-state index contributed by atoms with van der Waals surface area (Å²) in [5.41, 5.74) is 0. The Labute approximate surface area is 50.7 Å². The lowest BCUT2D eigenvalue weighted by Gasteiger charge is -1.94. The van der Waals surface area contributed by atoms with Crippen LogP contribution in [0.3, 0.4) is 0 Å². The molecule has 1 aliphatic heterocycles. The van der Waals surface area contributed by atoms with Crippen LogP contribution >= 0.6 is 0 Å². The van der Waals surface area contributed by atoms with Crippen LogP contribution in [0.2, 0.25) is 0 Å². The first kappa shape index (κ1) is 6.05. The number of hydrogen-bond acceptors (Lipinski definition) is 2. The van der Waals surface area contributed by atoms with Crippen LogP contribution in [0.1, 0.15) is 20.3 Å². The van der Waals surface area contributed by atoms with Gasteiger partial charge in [-0.3, -0.25) is 5.32 Å². The maximum absolute atomic E-state index is 3.34. The van der Waals surface area contributed by atoms with E-state index in [4.69, 9.17) is 0 Å². The Kier molecular flexibility index (Phi) is 1.86. The highest BCUT2D eigenvalue weighted by Crippen LogP contribution is 2.03. The highest BCUT2D eigenvalue weighted by molar-refractivity contribution is 4.91. The van der Waals surface area contributed by atoms with E-state index in [-0.39, 0.29) is 0 Å². The summed E-state index contributed by atoms with van der Waals surface area (Å²) in [5, 5.41) is 6.60. The van der Waals surface area contributed by atoms with Crippen LogP contribution in [-0.2, 0) is 0 Å². The van der Waals surface area contributed by atoms with Gasteiger partial charge in [-0.15, -0.1) is 0 Å². The second kappa shape index (κ2) is 2.46. The molecule has 0 aromatic carbocycles. The molecular formula is C6H14N2. The molecule has 0 amide bonds. The Bertz CT molecular complexity index is 72.9. The van der Waals surface area contributed by atoms with Gasteiger partial charge in [-0.05, 0) is 19.9 Å². The smallest absolute Gasteiger partial charge is 0.0730 e. The van der Waals surface area contributed by atoms with Crippen LogP contribution in [0.4, 0.5) is 0 Å². The molecule has 0 bridgehead atoms. The van der Waals surface area contributed by atoms with Crippen molar-refractivity contribution in [3.8, 4) is 0 Å². The molecule has 1 heterocycles. The normalized spacial score (nSPS) is 35.2. The van der Waals surface area contributed by atoms with Gasteiger partial charge in [0.25, 0.3) is 0 Å². The van der Waals surface area contributed by atoms with Gasteiger partial charge in [0.1, 0.15) is 0 Å². The van der Waals surface area contributed by atoms with E-state index in [0.29, 0.717) is 12.2 Å². The van der Waals surface area contributed by atoms with E-state index < -0.39 is 0 Å². The van der Waals surface area contributed by atoms with Gasteiger partial charge < -0.3 is 5.32 Å². The van der Waals surface area contributed by atoms with Crippen LogP contribution in [0, 0.1) is 0 Å². The van der Waals surface area contributed by atoms with Crippen LogP contribution in [0.15, 0.2) is 0 Å². The number of nitrogens with one attached hydrogen (secondary N) is 2. The van der Waals surface area contributed by atoms with Gasteiger partial charge in [0.05, 0.1) is 6.17 Å². The summed E-state index contributed by atoms with van der Waals surface area (Å²) in [4.78, 5) is 0. The zero-order chi connectivity index (χ0) is 5.98. The van der Waals surface area contributed by atoms with E-state index in [1.165, 1.54) is 6.42 Å². The molecule has 0 saturated carbocycles. The molecule has 0 spiro atoms. The van der Waals surface area contributed by atoms with Crippen molar-refractivity contribution in [1.29, 1.82) is 0 Å². The highest BCUT2D eigenvalue weighted by Gasteiger charge is 2.29. The first-order valence-electron chi connectivity index (χ1n) is 3.34. The lowest BCUT2D eigenvalue weighted by Crippen LogP contribution is -2.21. The average Bonchev–Trinajstić information content (AvgIpc) is 2.42. The summed E-state index contributed by atoms with van der Waals surface area (Å²) in [6.07, 6.45) is 1.85. The molecule has 2 unspecified atom stereocenters. The Morgan fingerprint density at radius 1 is 1.62 bits per heavy atom. The Morgan fingerprint density at radius 3 is 2.62 bits per heavy atom. The van der Waals surface area contributed by atoms with Crippen molar-refractivity contribution in [2.75, 3.05) is 6.54 Å². The van der Waals surface area contributed by atoms with Crippen molar-refractivity contribution in [2.45, 2.75) is 32.5 Å². The van der Waals surface area contributed by atoms with Crippen LogP contribution in [-0.4, -0.2) is 18.8 Å². The van der Waals surface area contributed by atoms with Crippen molar-refractivity contribution >= 4 is 0 Å². The van der Waals surface area contributed by atoms with Crippen molar-refractivity contribution in [3.63, 3.8) is 0 Å². The zero-order valence-electron chi connectivity index (χ0n) is 5.57. The molecule has 0 aliphatic carbocycles. The van der Waals surface area contributed by atoms with Gasteiger partial charge in [-0.25, -0.2) is 0 Å². The van der Waals surface area contributed by atoms with Gasteiger partial charge in [0.15, 0.2) is 0 Å². The molecule has 2 heteroatoms. The molecule has 1 rings (SSSR count). The van der Waals surface area contributed by atoms with Gasteiger partial charge >= 0.3 is 0 Å². The molecule has 48 valence electrons. The SMILES string of the molecule is CCCNC1NC1C. The van der Waals surface area contributed by atoms with E-state index >= 15 is 0 Å². The fraction of sp³-hybridized carbons (Fsp3) is 1.00. The fourth-order valence-corrected chi connectivity index (χ4v) is 0.763. The summed E-state index contributed by atoms with van der Waals surface area (Å²) in [7, 11) is 0. The summed E-state index contributed by atoms with van der Waals surface area (Å²) in [6, 6.07) is 0.710. The molecular weight excluding hydrogens is 100 g/mol. The molecule has 2 nitrogen and oxygen atoms in total. The third kappa shape index (κ3) is 1.46. The first-order valence-corrected chi connectivity index (χ1v) is 3.34. The summed E-state index contributed by atoms with van der Waals surface area (Å²) in [5.74, 6) is 0. The number of hydrogen-bond donors (Lipinski definition) is 2. The minimum absolute atomic E-state index is 0.620. The third-order valence-corrected chi connectivity index (χ3v) is 1.45. The molecule has 2 atom stereocenters. The standard InChI is InChI=1S/C6H14N2/c1-3-4-7-6-5(2)8-6/h5-8H,3-4H2,1-2H3. The summed E-state index contributed by atoms with van der Waals surface area (Å²) >= 11 is 0. The van der Waals surface area contributed by atoms with Crippen molar-refractivity contribution in [2.24, 2.45) is 0 Å². The lowest BCUT2D eigenvalue weighted by atomic mass is 10.4. The molecule has 1 saturated heterocycles.